The van der Waals surface area contributed by atoms with Gasteiger partial charge >= 0.3 is 5.97 Å². The lowest BCUT2D eigenvalue weighted by Gasteiger charge is -2.12. The smallest absolute Gasteiger partial charge is 0.306 e. The highest BCUT2D eigenvalue weighted by atomic mass is 16.5. The monoisotopic (exact) mass is 395 g/mol. The zero-order valence-corrected chi connectivity index (χ0v) is 19.2. The van der Waals surface area contributed by atoms with Crippen LogP contribution in [0.4, 0.5) is 0 Å². The summed E-state index contributed by atoms with van der Waals surface area (Å²) < 4.78 is 5.53. The summed E-state index contributed by atoms with van der Waals surface area (Å²) in [5, 5.41) is 0. The minimum absolute atomic E-state index is 0.0151. The van der Waals surface area contributed by atoms with E-state index >= 15 is 0 Å². The third kappa shape index (κ3) is 15.4. The van der Waals surface area contributed by atoms with E-state index in [1.165, 1.54) is 103 Å². The number of likely N-dealkylation sites (N-methyl/N-ethyl adjacent to an activating group) is 1. The van der Waals surface area contributed by atoms with Gasteiger partial charge in [-0.3, -0.25) is 4.79 Å². The van der Waals surface area contributed by atoms with Gasteiger partial charge in [-0.15, -0.1) is 0 Å². The molecule has 0 aromatic heterocycles. The molecule has 1 fully saturated rings. The van der Waals surface area contributed by atoms with Crippen LogP contribution in [-0.2, 0) is 9.53 Å². The Morgan fingerprint density at radius 1 is 0.750 bits per heavy atom. The van der Waals surface area contributed by atoms with Crippen molar-refractivity contribution in [2.75, 3.05) is 20.1 Å². The van der Waals surface area contributed by atoms with Crippen LogP contribution in [0.3, 0.4) is 0 Å². The molecule has 1 rings (SSSR count). The number of unbranched alkanes of at least 4 members (excludes halogenated alkanes) is 16. The molecule has 28 heavy (non-hydrogen) atoms. The van der Waals surface area contributed by atoms with Crippen molar-refractivity contribution in [1.82, 2.24) is 4.90 Å². The SMILES string of the molecule is CCCCCCCCCCCCCCCCCCCC(=O)OC1CCN(C)C1. The molecule has 1 aliphatic heterocycles. The van der Waals surface area contributed by atoms with Gasteiger partial charge in [0.1, 0.15) is 6.10 Å². The fraction of sp³-hybridized carbons (Fsp3) is 0.960. The van der Waals surface area contributed by atoms with Crippen molar-refractivity contribution in [1.29, 1.82) is 0 Å². The number of hydrogen-bond donors (Lipinski definition) is 0. The Hall–Kier alpha value is -0.570. The van der Waals surface area contributed by atoms with Crippen LogP contribution >= 0.6 is 0 Å². The number of carbonyl (C=O) groups excluding carboxylic acids is 1. The van der Waals surface area contributed by atoms with Crippen molar-refractivity contribution < 1.29 is 9.53 Å². The van der Waals surface area contributed by atoms with Crippen LogP contribution in [0.2, 0.25) is 0 Å². The third-order valence-corrected chi connectivity index (χ3v) is 6.13. The Balaban J connectivity index is 1.71. The van der Waals surface area contributed by atoms with E-state index in [-0.39, 0.29) is 12.1 Å². The average molecular weight is 396 g/mol. The van der Waals surface area contributed by atoms with E-state index in [9.17, 15) is 4.79 Å². The fourth-order valence-corrected chi connectivity index (χ4v) is 4.23. The summed E-state index contributed by atoms with van der Waals surface area (Å²) in [5.41, 5.74) is 0. The van der Waals surface area contributed by atoms with Crippen molar-refractivity contribution >= 4 is 5.97 Å². The van der Waals surface area contributed by atoms with Gasteiger partial charge in [-0.25, -0.2) is 0 Å². The molecule has 3 nitrogen and oxygen atoms in total. The minimum Gasteiger partial charge on any atom is -0.461 e. The predicted molar refractivity (Wildman–Crippen MR) is 121 cm³/mol. The summed E-state index contributed by atoms with van der Waals surface area (Å²) >= 11 is 0. The second kappa shape index (κ2) is 18.5. The lowest BCUT2D eigenvalue weighted by Crippen LogP contribution is -2.22. The molecule has 166 valence electrons. The van der Waals surface area contributed by atoms with E-state index in [1.54, 1.807) is 0 Å². The van der Waals surface area contributed by atoms with Crippen LogP contribution in [-0.4, -0.2) is 37.1 Å². The van der Waals surface area contributed by atoms with E-state index in [2.05, 4.69) is 18.9 Å². The molecule has 0 spiro atoms. The standard InChI is InChI=1S/C25H49NO2/c1-3-4-5-6-7-8-9-10-11-12-13-14-15-16-17-18-19-20-25(27)28-24-21-22-26(2)23-24/h24H,3-23H2,1-2H3. The van der Waals surface area contributed by atoms with Gasteiger partial charge in [0.15, 0.2) is 0 Å². The quantitative estimate of drug-likeness (QED) is 0.170. The summed E-state index contributed by atoms with van der Waals surface area (Å²) in [4.78, 5) is 14.1. The maximum atomic E-state index is 11.8. The van der Waals surface area contributed by atoms with Gasteiger partial charge in [-0.1, -0.05) is 110 Å². The first-order valence-electron chi connectivity index (χ1n) is 12.6. The normalized spacial score (nSPS) is 17.3. The number of rotatable bonds is 19. The molecule has 1 saturated heterocycles. The molecular weight excluding hydrogens is 346 g/mol. The van der Waals surface area contributed by atoms with Crippen LogP contribution in [0.1, 0.15) is 129 Å². The molecule has 1 heterocycles. The number of esters is 1. The number of likely N-dealkylation sites (tertiary alicyclic amines) is 1. The molecule has 1 atom stereocenters. The number of nitrogens with zero attached hydrogens (tertiary/aromatic N) is 1. The van der Waals surface area contributed by atoms with Gasteiger partial charge in [0.25, 0.3) is 0 Å². The number of ether oxygens (including phenoxy) is 1. The second-order valence-electron chi connectivity index (χ2n) is 9.07. The highest BCUT2D eigenvalue weighted by Gasteiger charge is 2.22. The molecule has 0 radical (unpaired) electrons. The molecule has 0 amide bonds. The highest BCUT2D eigenvalue weighted by molar-refractivity contribution is 5.69. The van der Waals surface area contributed by atoms with Gasteiger partial charge in [-0.05, 0) is 19.9 Å². The summed E-state index contributed by atoms with van der Waals surface area (Å²) in [7, 11) is 2.09. The first kappa shape index (κ1) is 25.5. The van der Waals surface area contributed by atoms with Crippen LogP contribution < -0.4 is 0 Å². The van der Waals surface area contributed by atoms with Crippen molar-refractivity contribution in [3.8, 4) is 0 Å². The van der Waals surface area contributed by atoms with E-state index in [4.69, 9.17) is 4.74 Å². The summed E-state index contributed by atoms with van der Waals surface area (Å²) in [6.45, 7) is 4.25. The number of carbonyl (C=O) groups is 1. The first-order valence-corrected chi connectivity index (χ1v) is 12.6. The average Bonchev–Trinajstić information content (AvgIpc) is 3.08. The molecule has 3 heteroatoms. The predicted octanol–water partition coefficient (Wildman–Crippen LogP) is 7.28. The van der Waals surface area contributed by atoms with E-state index in [0.717, 1.165) is 25.9 Å². The Morgan fingerprint density at radius 3 is 1.57 bits per heavy atom. The fourth-order valence-electron chi connectivity index (χ4n) is 4.23. The van der Waals surface area contributed by atoms with Gasteiger partial charge in [-0.2, -0.15) is 0 Å². The second-order valence-corrected chi connectivity index (χ2v) is 9.07. The van der Waals surface area contributed by atoms with Gasteiger partial charge < -0.3 is 9.64 Å². The zero-order valence-electron chi connectivity index (χ0n) is 19.2. The molecule has 0 aromatic rings. The lowest BCUT2D eigenvalue weighted by atomic mass is 10.0. The summed E-state index contributed by atoms with van der Waals surface area (Å²) in [6.07, 6.45) is 25.1. The van der Waals surface area contributed by atoms with Crippen molar-refractivity contribution in [2.24, 2.45) is 0 Å². The Labute approximate surface area is 176 Å². The van der Waals surface area contributed by atoms with E-state index in [1.807, 2.05) is 0 Å². The Kier molecular flexibility index (Phi) is 16.8. The maximum Gasteiger partial charge on any atom is 0.306 e. The molecule has 1 unspecified atom stereocenters. The van der Waals surface area contributed by atoms with Crippen LogP contribution in [0.25, 0.3) is 0 Å². The van der Waals surface area contributed by atoms with E-state index < -0.39 is 0 Å². The van der Waals surface area contributed by atoms with Crippen LogP contribution in [0, 0.1) is 0 Å². The topological polar surface area (TPSA) is 29.5 Å². The Bertz CT molecular complexity index is 358. The molecule has 0 saturated carbocycles. The van der Waals surface area contributed by atoms with Crippen molar-refractivity contribution in [3.05, 3.63) is 0 Å². The maximum absolute atomic E-state index is 11.8. The Morgan fingerprint density at radius 2 is 1.18 bits per heavy atom. The van der Waals surface area contributed by atoms with Crippen LogP contribution in [0.15, 0.2) is 0 Å². The summed E-state index contributed by atoms with van der Waals surface area (Å²) in [6, 6.07) is 0. The van der Waals surface area contributed by atoms with Crippen molar-refractivity contribution in [2.45, 2.75) is 135 Å². The van der Waals surface area contributed by atoms with Gasteiger partial charge in [0.05, 0.1) is 0 Å². The van der Waals surface area contributed by atoms with E-state index in [0.29, 0.717) is 6.42 Å². The first-order chi connectivity index (χ1) is 13.7. The molecule has 0 N–H and O–H groups in total. The molecule has 1 aliphatic rings. The lowest BCUT2D eigenvalue weighted by molar-refractivity contribution is -0.148. The molecule has 0 aliphatic carbocycles. The van der Waals surface area contributed by atoms with Gasteiger partial charge in [0, 0.05) is 19.5 Å². The molecule has 0 bridgehead atoms. The largest absolute Gasteiger partial charge is 0.461 e. The highest BCUT2D eigenvalue weighted by Crippen LogP contribution is 2.15. The molecule has 0 aromatic carbocycles. The van der Waals surface area contributed by atoms with Crippen molar-refractivity contribution in [3.63, 3.8) is 0 Å². The summed E-state index contributed by atoms with van der Waals surface area (Å²) in [5.74, 6) is 0.0151. The zero-order chi connectivity index (χ0) is 20.3. The molecular formula is C25H49NO2. The van der Waals surface area contributed by atoms with Gasteiger partial charge in [0.2, 0.25) is 0 Å². The minimum atomic E-state index is 0.0151. The number of hydrogen-bond acceptors (Lipinski definition) is 3. The third-order valence-electron chi connectivity index (χ3n) is 6.13. The van der Waals surface area contributed by atoms with Crippen LogP contribution in [0.5, 0.6) is 0 Å².